The molecule has 0 unspecified atom stereocenters. The van der Waals surface area contributed by atoms with Gasteiger partial charge in [-0.2, -0.15) is 0 Å². The van der Waals surface area contributed by atoms with Crippen molar-refractivity contribution in [3.8, 4) is 16.9 Å². The summed E-state index contributed by atoms with van der Waals surface area (Å²) in [5.41, 5.74) is 1.92. The molecule has 0 heterocycles. The summed E-state index contributed by atoms with van der Waals surface area (Å²) in [5.74, 6) is 0.328. The van der Waals surface area contributed by atoms with Crippen LogP contribution in [0.25, 0.3) is 11.1 Å². The van der Waals surface area contributed by atoms with Gasteiger partial charge >= 0.3 is 7.82 Å². The minimum Gasteiger partial charge on any atom is -0.507 e. The largest absolute Gasteiger partial charge is 0.507 e. The predicted molar refractivity (Wildman–Crippen MR) is 95.1 cm³/mol. The molecule has 0 amide bonds. The van der Waals surface area contributed by atoms with Crippen molar-refractivity contribution in [3.63, 3.8) is 0 Å². The van der Waals surface area contributed by atoms with E-state index in [0.29, 0.717) is 18.8 Å². The summed E-state index contributed by atoms with van der Waals surface area (Å²) in [4.78, 5) is 16.4. The highest BCUT2D eigenvalue weighted by atomic mass is 31.2. The molecule has 0 bridgehead atoms. The topological polar surface area (TPSA) is 151 Å². The van der Waals surface area contributed by atoms with Crippen molar-refractivity contribution in [1.82, 2.24) is 5.32 Å². The van der Waals surface area contributed by atoms with E-state index in [-0.39, 0.29) is 18.7 Å². The molecule has 0 atom stereocenters. The Kier molecular flexibility index (Phi) is 11.7. The van der Waals surface area contributed by atoms with E-state index in [1.165, 1.54) is 0 Å². The summed E-state index contributed by atoms with van der Waals surface area (Å²) < 4.78 is 14.2. The number of rotatable bonds is 7. The predicted octanol–water partition coefficient (Wildman–Crippen LogP) is 0.912. The number of hydrogen-bond donors (Lipinski definition) is 5. The zero-order valence-electron chi connectivity index (χ0n) is 13.6. The van der Waals surface area contributed by atoms with Crippen molar-refractivity contribution < 1.29 is 34.6 Å². The summed E-state index contributed by atoms with van der Waals surface area (Å²) >= 11 is 0. The Morgan fingerprint density at radius 3 is 2.12 bits per heavy atom. The molecule has 0 aliphatic heterocycles. The van der Waals surface area contributed by atoms with Crippen LogP contribution in [0.1, 0.15) is 0 Å². The highest BCUT2D eigenvalue weighted by Gasteiger charge is 2.11. The van der Waals surface area contributed by atoms with Gasteiger partial charge in [0.1, 0.15) is 5.75 Å². The standard InChI is InChI=1S/C12H10O.C4H12NO5P.H2O/c13-12-9-5-4-8-11(12)10-6-2-1-3-7-10;6-3-1-5-2-4-10-11(7,8)9;/h1-9,13H;5-6H,1-4H2,(H2,7,8,9);1H2. The third-order valence-electron chi connectivity index (χ3n) is 2.82. The Morgan fingerprint density at radius 2 is 1.56 bits per heavy atom. The Hall–Kier alpha value is -1.77. The lowest BCUT2D eigenvalue weighted by Crippen LogP contribution is -2.22. The molecule has 2 rings (SSSR count). The molecule has 2 aromatic carbocycles. The molecule has 140 valence electrons. The first-order chi connectivity index (χ1) is 11.4. The molecule has 0 saturated heterocycles. The van der Waals surface area contributed by atoms with E-state index in [0.717, 1.165) is 11.1 Å². The molecule has 0 spiro atoms. The first kappa shape index (κ1) is 23.2. The zero-order valence-corrected chi connectivity index (χ0v) is 14.5. The molecular formula is C16H24NO7P. The number of aliphatic hydroxyl groups is 1. The van der Waals surface area contributed by atoms with E-state index < -0.39 is 7.82 Å². The molecule has 2 aromatic rings. The molecule has 0 saturated carbocycles. The third-order valence-corrected chi connectivity index (χ3v) is 3.33. The second-order valence-electron chi connectivity index (χ2n) is 4.68. The van der Waals surface area contributed by atoms with Crippen LogP contribution in [0.3, 0.4) is 0 Å². The average Bonchev–Trinajstić information content (AvgIpc) is 2.55. The highest BCUT2D eigenvalue weighted by Crippen LogP contribution is 2.35. The number of nitrogens with one attached hydrogen (secondary N) is 1. The highest BCUT2D eigenvalue weighted by molar-refractivity contribution is 7.46. The number of hydrogen-bond acceptors (Lipinski definition) is 5. The lowest BCUT2D eigenvalue weighted by molar-refractivity contribution is 0.195. The Morgan fingerprint density at radius 1 is 0.960 bits per heavy atom. The van der Waals surface area contributed by atoms with E-state index >= 15 is 0 Å². The maximum atomic E-state index is 10.1. The average molecular weight is 373 g/mol. The van der Waals surface area contributed by atoms with Crippen LogP contribution < -0.4 is 5.32 Å². The number of phosphoric acid groups is 1. The lowest BCUT2D eigenvalue weighted by Gasteiger charge is -2.04. The number of para-hydroxylation sites is 1. The molecule has 0 aromatic heterocycles. The van der Waals surface area contributed by atoms with Gasteiger partial charge in [0.25, 0.3) is 0 Å². The van der Waals surface area contributed by atoms with E-state index in [2.05, 4.69) is 9.84 Å². The van der Waals surface area contributed by atoms with E-state index in [1.807, 2.05) is 48.5 Å². The van der Waals surface area contributed by atoms with Crippen LogP contribution in [-0.4, -0.2) is 51.8 Å². The summed E-state index contributed by atoms with van der Waals surface area (Å²) in [6.45, 7) is 0.635. The van der Waals surface area contributed by atoms with Crippen LogP contribution in [-0.2, 0) is 9.09 Å². The smallest absolute Gasteiger partial charge is 0.469 e. The second-order valence-corrected chi connectivity index (χ2v) is 5.92. The monoisotopic (exact) mass is 373 g/mol. The molecule has 0 aliphatic rings. The normalized spacial score (nSPS) is 10.4. The van der Waals surface area contributed by atoms with Crippen molar-refractivity contribution in [2.75, 3.05) is 26.3 Å². The van der Waals surface area contributed by atoms with Crippen LogP contribution >= 0.6 is 7.82 Å². The van der Waals surface area contributed by atoms with Crippen LogP contribution in [0, 0.1) is 0 Å². The van der Waals surface area contributed by atoms with E-state index in [4.69, 9.17) is 14.9 Å². The van der Waals surface area contributed by atoms with Crippen LogP contribution in [0.4, 0.5) is 0 Å². The van der Waals surface area contributed by atoms with Crippen LogP contribution in [0.15, 0.2) is 54.6 Å². The Balaban J connectivity index is 0.000000451. The van der Waals surface area contributed by atoms with Gasteiger partial charge < -0.3 is 30.8 Å². The van der Waals surface area contributed by atoms with Crippen molar-refractivity contribution in [1.29, 1.82) is 0 Å². The number of benzene rings is 2. The first-order valence-corrected chi connectivity index (χ1v) is 8.82. The van der Waals surface area contributed by atoms with E-state index in [1.54, 1.807) is 6.07 Å². The van der Waals surface area contributed by atoms with Crippen molar-refractivity contribution in [3.05, 3.63) is 54.6 Å². The van der Waals surface area contributed by atoms with Gasteiger partial charge in [-0.3, -0.25) is 4.52 Å². The number of aromatic hydroxyl groups is 1. The van der Waals surface area contributed by atoms with Crippen molar-refractivity contribution >= 4 is 7.82 Å². The van der Waals surface area contributed by atoms with Gasteiger partial charge in [0, 0.05) is 18.7 Å². The molecule has 0 radical (unpaired) electrons. The fourth-order valence-electron chi connectivity index (χ4n) is 1.78. The minimum absolute atomic E-state index is 0. The number of phenols is 1. The number of phosphoric ester groups is 1. The van der Waals surface area contributed by atoms with Gasteiger partial charge in [0.2, 0.25) is 0 Å². The van der Waals surface area contributed by atoms with Gasteiger partial charge in [-0.25, -0.2) is 4.57 Å². The van der Waals surface area contributed by atoms with Crippen LogP contribution in [0.5, 0.6) is 5.75 Å². The second kappa shape index (κ2) is 12.6. The minimum atomic E-state index is -4.32. The summed E-state index contributed by atoms with van der Waals surface area (Å²) in [5, 5.41) is 20.5. The fraction of sp³-hybridized carbons (Fsp3) is 0.250. The van der Waals surface area contributed by atoms with Gasteiger partial charge in [-0.1, -0.05) is 48.5 Å². The maximum Gasteiger partial charge on any atom is 0.469 e. The van der Waals surface area contributed by atoms with Crippen molar-refractivity contribution in [2.45, 2.75) is 0 Å². The van der Waals surface area contributed by atoms with Crippen molar-refractivity contribution in [2.24, 2.45) is 0 Å². The molecule has 0 fully saturated rings. The zero-order chi connectivity index (χ0) is 17.8. The number of aliphatic hydroxyl groups excluding tert-OH is 1. The van der Waals surface area contributed by atoms with E-state index in [9.17, 15) is 9.67 Å². The fourth-order valence-corrected chi connectivity index (χ4v) is 2.11. The third kappa shape index (κ3) is 10.6. The maximum absolute atomic E-state index is 10.1. The first-order valence-electron chi connectivity index (χ1n) is 7.29. The SMILES string of the molecule is O.O=P(O)(O)OCCNCCO.Oc1ccccc1-c1ccccc1. The van der Waals surface area contributed by atoms with Gasteiger partial charge in [-0.15, -0.1) is 0 Å². The lowest BCUT2D eigenvalue weighted by atomic mass is 10.1. The summed E-state index contributed by atoms with van der Waals surface area (Å²) in [7, 11) is -4.32. The summed E-state index contributed by atoms with van der Waals surface area (Å²) in [6.07, 6.45) is 0. The molecule has 9 heteroatoms. The molecule has 7 N–H and O–H groups in total. The summed E-state index contributed by atoms with van der Waals surface area (Å²) in [6, 6.07) is 17.2. The number of phenolic OH excluding ortho intramolecular Hbond substituents is 1. The molecular weight excluding hydrogens is 349 g/mol. The molecule has 8 nitrogen and oxygen atoms in total. The van der Waals surface area contributed by atoms with Gasteiger partial charge in [0.05, 0.1) is 13.2 Å². The van der Waals surface area contributed by atoms with Gasteiger partial charge in [0.15, 0.2) is 0 Å². The molecule has 25 heavy (non-hydrogen) atoms. The Labute approximate surface area is 146 Å². The Bertz CT molecular complexity index is 633. The molecule has 0 aliphatic carbocycles. The van der Waals surface area contributed by atoms with Crippen LogP contribution in [0.2, 0.25) is 0 Å². The quantitative estimate of drug-likeness (QED) is 0.357. The van der Waals surface area contributed by atoms with Gasteiger partial charge in [-0.05, 0) is 11.6 Å².